The monoisotopic (exact) mass is 1040 g/mol. The maximum atomic E-state index is 12.9. The first-order valence-corrected chi connectivity index (χ1v) is 32.1. The van der Waals surface area contributed by atoms with Gasteiger partial charge >= 0.3 is 17.9 Å². The molecular weight excluding hydrogens is 925 g/mol. The average Bonchev–Trinajstić information content (AvgIpc) is 3.41. The molecule has 0 aromatic heterocycles. The number of esters is 3. The number of carbonyl (C=O) groups is 3. The molecule has 0 bridgehead atoms. The summed E-state index contributed by atoms with van der Waals surface area (Å²) < 4.78 is 16.9. The Morgan fingerprint density at radius 1 is 0.293 bits per heavy atom. The van der Waals surface area contributed by atoms with Crippen molar-refractivity contribution in [2.75, 3.05) is 13.2 Å². The highest BCUT2D eigenvalue weighted by Gasteiger charge is 2.19. The van der Waals surface area contributed by atoms with Crippen molar-refractivity contribution in [2.24, 2.45) is 0 Å². The second-order valence-corrected chi connectivity index (χ2v) is 21.3. The highest BCUT2D eigenvalue weighted by molar-refractivity contribution is 5.71. The Morgan fingerprint density at radius 3 is 0.933 bits per heavy atom. The minimum atomic E-state index is -0.793. The third-order valence-corrected chi connectivity index (χ3v) is 13.9. The van der Waals surface area contributed by atoms with Gasteiger partial charge in [0.05, 0.1) is 0 Å². The van der Waals surface area contributed by atoms with E-state index in [1.54, 1.807) is 0 Å². The molecule has 0 aliphatic rings. The molecule has 0 amide bonds. The van der Waals surface area contributed by atoms with Crippen molar-refractivity contribution in [2.45, 2.75) is 322 Å². The minimum absolute atomic E-state index is 0.0858. The van der Waals surface area contributed by atoms with E-state index in [2.05, 4.69) is 106 Å². The predicted octanol–water partition coefficient (Wildman–Crippen LogP) is 21.9. The molecule has 432 valence electrons. The second kappa shape index (κ2) is 63.1. The van der Waals surface area contributed by atoms with Crippen molar-refractivity contribution >= 4 is 17.9 Å². The Morgan fingerprint density at radius 2 is 0.560 bits per heavy atom. The number of allylic oxidation sites excluding steroid dienone is 14. The molecule has 0 saturated carbocycles. The van der Waals surface area contributed by atoms with Gasteiger partial charge in [0.15, 0.2) is 6.10 Å². The van der Waals surface area contributed by atoms with Gasteiger partial charge in [-0.3, -0.25) is 14.4 Å². The fraction of sp³-hybridized carbons (Fsp3) is 0.754. The van der Waals surface area contributed by atoms with Crippen LogP contribution in [0.1, 0.15) is 316 Å². The van der Waals surface area contributed by atoms with Crippen molar-refractivity contribution in [3.05, 3.63) is 85.1 Å². The predicted molar refractivity (Wildman–Crippen MR) is 325 cm³/mol. The van der Waals surface area contributed by atoms with E-state index < -0.39 is 6.10 Å². The molecule has 6 heteroatoms. The number of hydrogen-bond donors (Lipinski definition) is 0. The van der Waals surface area contributed by atoms with Gasteiger partial charge in [-0.05, 0) is 89.9 Å². The van der Waals surface area contributed by atoms with Gasteiger partial charge in [-0.15, -0.1) is 0 Å². The lowest BCUT2D eigenvalue weighted by Crippen LogP contribution is -2.30. The van der Waals surface area contributed by atoms with Crippen LogP contribution in [0, 0.1) is 0 Å². The van der Waals surface area contributed by atoms with E-state index >= 15 is 0 Å². The van der Waals surface area contributed by atoms with Gasteiger partial charge in [0.25, 0.3) is 0 Å². The summed E-state index contributed by atoms with van der Waals surface area (Å²) in [6, 6.07) is 0. The number of hydrogen-bond acceptors (Lipinski definition) is 6. The van der Waals surface area contributed by atoms with Crippen LogP contribution in [0.3, 0.4) is 0 Å². The Bertz CT molecular complexity index is 1430. The third kappa shape index (κ3) is 61.3. The number of rotatable bonds is 58. The zero-order chi connectivity index (χ0) is 54.3. The molecule has 0 aliphatic heterocycles. The fourth-order valence-corrected chi connectivity index (χ4v) is 9.11. The smallest absolute Gasteiger partial charge is 0.306 e. The molecule has 0 radical (unpaired) electrons. The van der Waals surface area contributed by atoms with Gasteiger partial charge in [-0.1, -0.05) is 292 Å². The van der Waals surface area contributed by atoms with Gasteiger partial charge in [0.2, 0.25) is 0 Å². The van der Waals surface area contributed by atoms with Crippen molar-refractivity contribution in [3.63, 3.8) is 0 Å². The minimum Gasteiger partial charge on any atom is -0.462 e. The van der Waals surface area contributed by atoms with E-state index in [4.69, 9.17) is 14.2 Å². The van der Waals surface area contributed by atoms with Crippen LogP contribution in [0.4, 0.5) is 0 Å². The molecule has 0 aromatic carbocycles. The Labute approximate surface area is 465 Å². The maximum Gasteiger partial charge on any atom is 0.306 e. The molecule has 75 heavy (non-hydrogen) atoms. The number of unbranched alkanes of at least 4 members (excludes halogenated alkanes) is 34. The van der Waals surface area contributed by atoms with Gasteiger partial charge in [-0.2, -0.15) is 0 Å². The van der Waals surface area contributed by atoms with Crippen LogP contribution in [0.2, 0.25) is 0 Å². The molecule has 6 nitrogen and oxygen atoms in total. The van der Waals surface area contributed by atoms with Gasteiger partial charge < -0.3 is 14.2 Å². The molecule has 0 N–H and O–H groups in total. The van der Waals surface area contributed by atoms with Crippen LogP contribution in [-0.4, -0.2) is 37.2 Å². The molecule has 1 atom stereocenters. The van der Waals surface area contributed by atoms with E-state index in [1.165, 1.54) is 180 Å². The Kier molecular flexibility index (Phi) is 60.3. The molecule has 0 heterocycles. The largest absolute Gasteiger partial charge is 0.462 e. The van der Waals surface area contributed by atoms with E-state index in [1.807, 2.05) is 0 Å². The average molecular weight is 1050 g/mol. The van der Waals surface area contributed by atoms with Crippen LogP contribution in [-0.2, 0) is 28.6 Å². The topological polar surface area (TPSA) is 78.9 Å². The molecule has 0 aromatic rings. The molecule has 0 aliphatic carbocycles. The molecule has 1 unspecified atom stereocenters. The Hall–Kier alpha value is -3.41. The van der Waals surface area contributed by atoms with E-state index in [0.717, 1.165) is 96.3 Å². The first-order valence-electron chi connectivity index (χ1n) is 32.1. The van der Waals surface area contributed by atoms with Crippen LogP contribution in [0.25, 0.3) is 0 Å². The van der Waals surface area contributed by atoms with Crippen molar-refractivity contribution in [1.82, 2.24) is 0 Å². The summed E-state index contributed by atoms with van der Waals surface area (Å²) in [5.74, 6) is -0.908. The van der Waals surface area contributed by atoms with Gasteiger partial charge in [0.1, 0.15) is 13.2 Å². The summed E-state index contributed by atoms with van der Waals surface area (Å²) in [5.41, 5.74) is 0. The molecule has 0 saturated heterocycles. The highest BCUT2D eigenvalue weighted by Crippen LogP contribution is 2.17. The van der Waals surface area contributed by atoms with Gasteiger partial charge in [0, 0.05) is 19.3 Å². The van der Waals surface area contributed by atoms with Gasteiger partial charge in [-0.25, -0.2) is 0 Å². The molecular formula is C69H120O6. The Balaban J connectivity index is 4.42. The van der Waals surface area contributed by atoms with Crippen LogP contribution >= 0.6 is 0 Å². The van der Waals surface area contributed by atoms with E-state index in [0.29, 0.717) is 19.3 Å². The SMILES string of the molecule is CC/C=C\C/C=C\C/C=C\C/C=C\C/C=C\CCCCCC(=O)OCC(COC(=O)CCCCCCCCCCCCCCCCCCCCC)OC(=O)CCCCCCCCCCCC/C=C\C=C/CCCCC. The summed E-state index contributed by atoms with van der Waals surface area (Å²) in [6.07, 6.45) is 83.0. The quantitative estimate of drug-likeness (QED) is 0.0199. The second-order valence-electron chi connectivity index (χ2n) is 21.3. The normalized spacial score (nSPS) is 12.6. The van der Waals surface area contributed by atoms with E-state index in [9.17, 15) is 14.4 Å². The molecule has 0 spiro atoms. The van der Waals surface area contributed by atoms with Crippen molar-refractivity contribution in [3.8, 4) is 0 Å². The maximum absolute atomic E-state index is 12.9. The fourth-order valence-electron chi connectivity index (χ4n) is 9.11. The standard InChI is InChI=1S/C69H120O6/c1-4-7-10-13-16-19-22-25-28-31-34-37-40-43-46-49-52-55-58-61-67(70)73-64-66(75-69(72)63-60-57-54-51-48-45-42-39-36-33-30-27-24-21-18-15-12-9-6-3)65-74-68(71)62-59-56-53-50-47-44-41-38-35-32-29-26-23-20-17-14-11-8-5-2/h7,10,16,18-19,21,24-25,27-28,34,37,43,46,66H,4-6,8-9,11-15,17,20,22-23,26,29-33,35-36,38-42,44-45,47-65H2,1-3H3/b10-7-,19-16-,21-18-,27-24-,28-25-,37-34-,46-43-. The van der Waals surface area contributed by atoms with Crippen molar-refractivity contribution < 1.29 is 28.6 Å². The lowest BCUT2D eigenvalue weighted by molar-refractivity contribution is -0.167. The first-order chi connectivity index (χ1) is 37.0. The number of ether oxygens (including phenoxy) is 3. The van der Waals surface area contributed by atoms with Crippen LogP contribution < -0.4 is 0 Å². The lowest BCUT2D eigenvalue weighted by atomic mass is 10.0. The third-order valence-electron chi connectivity index (χ3n) is 13.9. The van der Waals surface area contributed by atoms with E-state index in [-0.39, 0.29) is 31.1 Å². The zero-order valence-corrected chi connectivity index (χ0v) is 49.6. The molecule has 0 rings (SSSR count). The summed E-state index contributed by atoms with van der Waals surface area (Å²) in [6.45, 7) is 6.51. The van der Waals surface area contributed by atoms with Crippen LogP contribution in [0.15, 0.2) is 85.1 Å². The summed E-state index contributed by atoms with van der Waals surface area (Å²) in [4.78, 5) is 38.3. The van der Waals surface area contributed by atoms with Crippen molar-refractivity contribution in [1.29, 1.82) is 0 Å². The lowest BCUT2D eigenvalue weighted by Gasteiger charge is -2.18. The first kappa shape index (κ1) is 71.6. The summed E-state index contributed by atoms with van der Waals surface area (Å²) in [7, 11) is 0. The van der Waals surface area contributed by atoms with Crippen LogP contribution in [0.5, 0.6) is 0 Å². The highest BCUT2D eigenvalue weighted by atomic mass is 16.6. The summed E-state index contributed by atoms with van der Waals surface area (Å²) in [5, 5.41) is 0. The summed E-state index contributed by atoms with van der Waals surface area (Å²) >= 11 is 0. The molecule has 0 fully saturated rings. The number of carbonyl (C=O) groups excluding carboxylic acids is 3. The zero-order valence-electron chi connectivity index (χ0n) is 49.6.